The molecule has 2 N–H and O–H groups in total. The highest BCUT2D eigenvalue weighted by molar-refractivity contribution is 14.0. The third-order valence-corrected chi connectivity index (χ3v) is 6.02. The molecule has 6 nitrogen and oxygen atoms in total. The minimum atomic E-state index is 0. The average Bonchev–Trinajstić information content (AvgIpc) is 2.82. The molecule has 2 aliphatic rings. The van der Waals surface area contributed by atoms with Crippen molar-refractivity contribution in [3.05, 3.63) is 17.0 Å². The van der Waals surface area contributed by atoms with Gasteiger partial charge in [0.05, 0.1) is 18.3 Å². The molecule has 0 amide bonds. The normalized spacial score (nSPS) is 27.2. The summed E-state index contributed by atoms with van der Waals surface area (Å²) >= 11 is 0. The van der Waals surface area contributed by atoms with Crippen molar-refractivity contribution in [1.29, 1.82) is 0 Å². The molecule has 1 saturated heterocycles. The Kier molecular flexibility index (Phi) is 6.98. The number of aliphatic imine (C=N–C) groups is 1. The van der Waals surface area contributed by atoms with Crippen LogP contribution in [0.2, 0.25) is 0 Å². The monoisotopic (exact) mass is 475 g/mol. The standard InChI is InChI=1S/C19H33N5O.HI/c1-7-20-18(21-11-15-12(2)23-24(6)13(15)3)22-16-14-9-8-10-25-17(14)19(16,4)5;/h14,16-17H,7-11H2,1-6H3,(H2,20,21,22);1H. The van der Waals surface area contributed by atoms with Gasteiger partial charge in [-0.1, -0.05) is 13.8 Å². The molecule has 1 saturated carbocycles. The van der Waals surface area contributed by atoms with Crippen LogP contribution in [0.4, 0.5) is 0 Å². The summed E-state index contributed by atoms with van der Waals surface area (Å²) in [6, 6.07) is 0.409. The largest absolute Gasteiger partial charge is 0.377 e. The first-order valence-corrected chi connectivity index (χ1v) is 9.51. The lowest BCUT2D eigenvalue weighted by Gasteiger charge is -2.60. The third-order valence-electron chi connectivity index (χ3n) is 6.02. The minimum absolute atomic E-state index is 0. The van der Waals surface area contributed by atoms with Crippen LogP contribution < -0.4 is 10.6 Å². The molecule has 0 aromatic carbocycles. The molecule has 2 fully saturated rings. The first kappa shape index (κ1) is 21.5. The Labute approximate surface area is 174 Å². The summed E-state index contributed by atoms with van der Waals surface area (Å²) in [5, 5.41) is 11.6. The molecule has 1 aromatic heterocycles. The molecule has 1 aliphatic carbocycles. The maximum atomic E-state index is 6.02. The fourth-order valence-corrected chi connectivity index (χ4v) is 4.49. The number of rotatable bonds is 4. The zero-order chi connectivity index (χ0) is 18.2. The summed E-state index contributed by atoms with van der Waals surface area (Å²) in [6.07, 6.45) is 2.79. The number of aryl methyl sites for hydroxylation is 2. The van der Waals surface area contributed by atoms with E-state index in [1.165, 1.54) is 17.7 Å². The van der Waals surface area contributed by atoms with E-state index in [1.807, 2.05) is 11.7 Å². The molecular formula is C19H34IN5O. The molecule has 2 heterocycles. The van der Waals surface area contributed by atoms with Gasteiger partial charge in [-0.15, -0.1) is 24.0 Å². The Morgan fingerprint density at radius 1 is 1.38 bits per heavy atom. The van der Waals surface area contributed by atoms with E-state index in [1.54, 1.807) is 0 Å². The lowest BCUT2D eigenvalue weighted by atomic mass is 9.55. The van der Waals surface area contributed by atoms with Crippen molar-refractivity contribution >= 4 is 29.9 Å². The molecule has 7 heteroatoms. The molecule has 148 valence electrons. The first-order valence-electron chi connectivity index (χ1n) is 9.51. The maximum absolute atomic E-state index is 6.02. The van der Waals surface area contributed by atoms with Crippen LogP contribution in [0.3, 0.4) is 0 Å². The van der Waals surface area contributed by atoms with Crippen molar-refractivity contribution in [1.82, 2.24) is 20.4 Å². The predicted molar refractivity (Wildman–Crippen MR) is 116 cm³/mol. The van der Waals surface area contributed by atoms with Crippen LogP contribution >= 0.6 is 24.0 Å². The van der Waals surface area contributed by atoms with Crippen molar-refractivity contribution in [3.63, 3.8) is 0 Å². The lowest BCUT2D eigenvalue weighted by molar-refractivity contribution is -0.188. The maximum Gasteiger partial charge on any atom is 0.191 e. The molecule has 3 rings (SSSR count). The van der Waals surface area contributed by atoms with Gasteiger partial charge in [0, 0.05) is 48.8 Å². The number of nitrogens with zero attached hydrogens (tertiary/aromatic N) is 3. The van der Waals surface area contributed by atoms with Crippen LogP contribution in [0.1, 0.15) is 50.6 Å². The van der Waals surface area contributed by atoms with Gasteiger partial charge in [-0.05, 0) is 33.6 Å². The molecule has 3 atom stereocenters. The fourth-order valence-electron chi connectivity index (χ4n) is 4.49. The van der Waals surface area contributed by atoms with Crippen LogP contribution in [0, 0.1) is 25.2 Å². The summed E-state index contributed by atoms with van der Waals surface area (Å²) in [6.45, 7) is 13.3. The van der Waals surface area contributed by atoms with E-state index in [0.717, 1.165) is 31.2 Å². The zero-order valence-corrected chi connectivity index (χ0v) is 19.3. The highest BCUT2D eigenvalue weighted by Gasteiger charge is 2.58. The molecule has 26 heavy (non-hydrogen) atoms. The number of fused-ring (bicyclic) bond motifs is 1. The van der Waals surface area contributed by atoms with Gasteiger partial charge < -0.3 is 15.4 Å². The SMILES string of the molecule is CCNC(=NCc1c(C)nn(C)c1C)NC1C2CCCOC2C1(C)C.I. The van der Waals surface area contributed by atoms with E-state index in [9.17, 15) is 0 Å². The summed E-state index contributed by atoms with van der Waals surface area (Å²) in [5.74, 6) is 1.49. The number of hydrogen-bond acceptors (Lipinski definition) is 3. The topological polar surface area (TPSA) is 63.5 Å². The van der Waals surface area contributed by atoms with Gasteiger partial charge >= 0.3 is 0 Å². The van der Waals surface area contributed by atoms with Crippen molar-refractivity contribution < 1.29 is 4.74 Å². The Morgan fingerprint density at radius 2 is 2.12 bits per heavy atom. The Bertz CT molecular complexity index is 655. The summed E-state index contributed by atoms with van der Waals surface area (Å²) in [4.78, 5) is 4.84. The predicted octanol–water partition coefficient (Wildman–Crippen LogP) is 2.91. The smallest absolute Gasteiger partial charge is 0.191 e. The number of halogens is 1. The van der Waals surface area contributed by atoms with Gasteiger partial charge in [0.25, 0.3) is 0 Å². The number of guanidine groups is 1. The van der Waals surface area contributed by atoms with Gasteiger partial charge in [0.2, 0.25) is 0 Å². The van der Waals surface area contributed by atoms with Gasteiger partial charge in [-0.2, -0.15) is 5.10 Å². The Hall–Kier alpha value is -0.830. The van der Waals surface area contributed by atoms with Crippen LogP contribution in [0.25, 0.3) is 0 Å². The molecule has 3 unspecified atom stereocenters. The first-order chi connectivity index (χ1) is 11.9. The van der Waals surface area contributed by atoms with E-state index >= 15 is 0 Å². The van der Waals surface area contributed by atoms with Crippen LogP contribution in [0.15, 0.2) is 4.99 Å². The number of nitrogens with one attached hydrogen (secondary N) is 2. The highest BCUT2D eigenvalue weighted by Crippen LogP contribution is 2.51. The van der Waals surface area contributed by atoms with Crippen molar-refractivity contribution in [2.75, 3.05) is 13.2 Å². The van der Waals surface area contributed by atoms with Gasteiger partial charge in [-0.25, -0.2) is 4.99 Å². The second-order valence-electron chi connectivity index (χ2n) is 8.01. The second kappa shape index (κ2) is 8.46. The minimum Gasteiger partial charge on any atom is -0.377 e. The van der Waals surface area contributed by atoms with E-state index in [-0.39, 0.29) is 29.4 Å². The van der Waals surface area contributed by atoms with Gasteiger partial charge in [0.1, 0.15) is 0 Å². The third kappa shape index (κ3) is 3.88. The molecular weight excluding hydrogens is 441 g/mol. The van der Waals surface area contributed by atoms with E-state index < -0.39 is 0 Å². The molecule has 0 radical (unpaired) electrons. The zero-order valence-electron chi connectivity index (χ0n) is 16.9. The molecule has 1 aromatic rings. The summed E-state index contributed by atoms with van der Waals surface area (Å²) in [5.41, 5.74) is 3.60. The Balaban J connectivity index is 0.00000243. The molecule has 0 bridgehead atoms. The Morgan fingerprint density at radius 3 is 2.73 bits per heavy atom. The fraction of sp³-hybridized carbons (Fsp3) is 0.789. The molecule has 1 aliphatic heterocycles. The van der Waals surface area contributed by atoms with Crippen molar-refractivity contribution in [3.8, 4) is 0 Å². The second-order valence-corrected chi connectivity index (χ2v) is 8.01. The van der Waals surface area contributed by atoms with Gasteiger partial charge in [0.15, 0.2) is 5.96 Å². The number of aromatic nitrogens is 2. The highest BCUT2D eigenvalue weighted by atomic mass is 127. The van der Waals surface area contributed by atoms with Crippen molar-refractivity contribution in [2.45, 2.75) is 66.2 Å². The van der Waals surface area contributed by atoms with Crippen LogP contribution in [-0.2, 0) is 18.3 Å². The van der Waals surface area contributed by atoms with Crippen molar-refractivity contribution in [2.24, 2.45) is 23.4 Å². The van der Waals surface area contributed by atoms with E-state index in [4.69, 9.17) is 9.73 Å². The van der Waals surface area contributed by atoms with Crippen LogP contribution in [-0.4, -0.2) is 41.0 Å². The number of ether oxygens (including phenoxy) is 1. The van der Waals surface area contributed by atoms with E-state index in [2.05, 4.69) is 50.4 Å². The van der Waals surface area contributed by atoms with Gasteiger partial charge in [-0.3, -0.25) is 4.68 Å². The summed E-state index contributed by atoms with van der Waals surface area (Å²) < 4.78 is 7.95. The quantitative estimate of drug-likeness (QED) is 0.400. The lowest BCUT2D eigenvalue weighted by Crippen LogP contribution is -2.71. The number of hydrogen-bond donors (Lipinski definition) is 2. The van der Waals surface area contributed by atoms with E-state index in [0.29, 0.717) is 24.6 Å². The average molecular weight is 475 g/mol. The molecule has 0 spiro atoms. The summed E-state index contributed by atoms with van der Waals surface area (Å²) in [7, 11) is 1.99. The van der Waals surface area contributed by atoms with Crippen LogP contribution in [0.5, 0.6) is 0 Å².